The quantitative estimate of drug-likeness (QED) is 0.699. The lowest BCUT2D eigenvalue weighted by atomic mass is 9.72. The maximum absolute atomic E-state index is 12.7. The Hall–Kier alpha value is -2.29. The van der Waals surface area contributed by atoms with Crippen LogP contribution in [0.5, 0.6) is 0 Å². The van der Waals surface area contributed by atoms with Crippen molar-refractivity contribution in [3.63, 3.8) is 0 Å². The molecule has 2 aromatic carbocycles. The first-order valence-electron chi connectivity index (χ1n) is 10.6. The number of hydrogen-bond donors (Lipinski definition) is 2. The van der Waals surface area contributed by atoms with E-state index in [2.05, 4.69) is 34.9 Å². The summed E-state index contributed by atoms with van der Waals surface area (Å²) in [6.45, 7) is 7.32. The maximum atomic E-state index is 12.7. The molecule has 0 aliphatic carbocycles. The van der Waals surface area contributed by atoms with Crippen LogP contribution in [-0.4, -0.2) is 46.9 Å². The van der Waals surface area contributed by atoms with Crippen LogP contribution < -0.4 is 14.9 Å². The highest BCUT2D eigenvalue weighted by molar-refractivity contribution is 7.89. The van der Waals surface area contributed by atoms with Gasteiger partial charge in [-0.25, -0.2) is 13.1 Å². The number of para-hydroxylation sites is 1. The number of carbonyl (C=O) groups excluding carboxylic acids is 1. The lowest BCUT2D eigenvalue weighted by Crippen LogP contribution is -2.38. The van der Waals surface area contributed by atoms with E-state index in [1.165, 1.54) is 0 Å². The summed E-state index contributed by atoms with van der Waals surface area (Å²) in [7, 11) is -3.67. The summed E-state index contributed by atoms with van der Waals surface area (Å²) in [6, 6.07) is 11.3. The van der Waals surface area contributed by atoms with Gasteiger partial charge in [-0.05, 0) is 47.2 Å². The van der Waals surface area contributed by atoms with Gasteiger partial charge in [-0.3, -0.25) is 4.79 Å². The molecule has 7 nitrogen and oxygen atoms in total. The van der Waals surface area contributed by atoms with E-state index < -0.39 is 15.9 Å². The summed E-state index contributed by atoms with van der Waals surface area (Å²) in [6.07, 6.45) is 1.69. The molecule has 9 heteroatoms. The number of halogens is 1. The zero-order valence-corrected chi connectivity index (χ0v) is 20.0. The van der Waals surface area contributed by atoms with Crippen LogP contribution in [0.2, 0.25) is 5.02 Å². The molecule has 2 N–H and O–H groups in total. The Morgan fingerprint density at radius 2 is 1.94 bits per heavy atom. The van der Waals surface area contributed by atoms with Crippen LogP contribution in [0.1, 0.15) is 41.4 Å². The van der Waals surface area contributed by atoms with Crippen molar-refractivity contribution in [1.82, 2.24) is 4.72 Å². The summed E-state index contributed by atoms with van der Waals surface area (Å²) in [5, 5.41) is 4.19. The number of nitrogens with zero attached hydrogens (tertiary/aromatic N) is 1. The third-order valence-electron chi connectivity index (χ3n) is 6.00. The minimum Gasteiger partial charge on any atom is -0.378 e. The van der Waals surface area contributed by atoms with Gasteiger partial charge < -0.3 is 15.0 Å². The molecule has 4 rings (SSSR count). The Morgan fingerprint density at radius 1 is 1.22 bits per heavy atom. The Morgan fingerprint density at radius 3 is 2.62 bits per heavy atom. The monoisotopic (exact) mass is 477 g/mol. The van der Waals surface area contributed by atoms with Gasteiger partial charge in [-0.2, -0.15) is 0 Å². The summed E-state index contributed by atoms with van der Waals surface area (Å²) in [4.78, 5) is 14.9. The summed E-state index contributed by atoms with van der Waals surface area (Å²) < 4.78 is 30.8. The van der Waals surface area contributed by atoms with E-state index >= 15 is 0 Å². The second-order valence-corrected chi connectivity index (χ2v) is 11.3. The van der Waals surface area contributed by atoms with Crippen molar-refractivity contribution in [3.05, 3.63) is 58.1 Å². The predicted molar refractivity (Wildman–Crippen MR) is 127 cm³/mol. The van der Waals surface area contributed by atoms with Crippen LogP contribution >= 0.6 is 11.6 Å². The Kier molecular flexibility index (Phi) is 6.13. The number of benzene rings is 2. The minimum atomic E-state index is -3.67. The first-order chi connectivity index (χ1) is 15.0. The zero-order chi connectivity index (χ0) is 23.1. The van der Waals surface area contributed by atoms with E-state index in [-0.39, 0.29) is 11.5 Å². The van der Waals surface area contributed by atoms with Crippen LogP contribution in [0.4, 0.5) is 11.4 Å². The maximum Gasteiger partial charge on any atom is 0.266 e. The average molecular weight is 478 g/mol. The number of hydrogen-bond acceptors (Lipinski definition) is 6. The molecule has 1 amide bonds. The van der Waals surface area contributed by atoms with Crippen LogP contribution in [0.3, 0.4) is 0 Å². The van der Waals surface area contributed by atoms with E-state index in [9.17, 15) is 13.2 Å². The molecule has 0 bridgehead atoms. The van der Waals surface area contributed by atoms with Crippen LogP contribution in [0.15, 0.2) is 36.4 Å². The number of carbonyl (C=O) groups is 1. The number of anilines is 2. The molecule has 0 saturated carbocycles. The van der Waals surface area contributed by atoms with Gasteiger partial charge in [0.15, 0.2) is 0 Å². The molecule has 2 aliphatic heterocycles. The van der Waals surface area contributed by atoms with Crippen molar-refractivity contribution < 1.29 is 17.9 Å². The lowest BCUT2D eigenvalue weighted by molar-refractivity contribution is 0.0981. The zero-order valence-electron chi connectivity index (χ0n) is 18.4. The lowest BCUT2D eigenvalue weighted by Gasteiger charge is -2.42. The SMILES string of the molecule is CC1(C)Cc2cccc(C(=O)NS(C)(=O)=O)c2NC1c1cc(Cl)cc(N2CCOCC2)c1. The second-order valence-electron chi connectivity index (χ2n) is 9.13. The van der Waals surface area contributed by atoms with Crippen molar-refractivity contribution >= 4 is 38.9 Å². The molecule has 0 spiro atoms. The van der Waals surface area contributed by atoms with Crippen LogP contribution in [0, 0.1) is 5.41 Å². The summed E-state index contributed by atoms with van der Waals surface area (Å²) in [5.41, 5.74) is 3.83. The highest BCUT2D eigenvalue weighted by atomic mass is 35.5. The molecule has 0 radical (unpaired) electrons. The van der Waals surface area contributed by atoms with Gasteiger partial charge in [0.2, 0.25) is 10.0 Å². The molecule has 2 aliphatic rings. The Bertz CT molecular complexity index is 1140. The highest BCUT2D eigenvalue weighted by Gasteiger charge is 2.38. The van der Waals surface area contributed by atoms with Crippen molar-refractivity contribution in [2.75, 3.05) is 42.8 Å². The molecule has 172 valence electrons. The van der Waals surface area contributed by atoms with E-state index in [1.54, 1.807) is 12.1 Å². The Balaban J connectivity index is 1.72. The standard InChI is InChI=1S/C23H28ClN3O4S/c1-23(2)14-15-5-4-6-19(22(28)26-32(3,29)30)20(15)25-21(23)16-11-17(24)13-18(12-16)27-7-9-31-10-8-27/h4-6,11-13,21,25H,7-10,14H2,1-3H3,(H,26,28). The van der Waals surface area contributed by atoms with Gasteiger partial charge in [0.05, 0.1) is 36.8 Å². The van der Waals surface area contributed by atoms with Gasteiger partial charge >= 0.3 is 0 Å². The smallest absolute Gasteiger partial charge is 0.266 e. The minimum absolute atomic E-state index is 0.124. The third kappa shape index (κ3) is 4.87. The fourth-order valence-corrected chi connectivity index (χ4v) is 5.25. The molecular weight excluding hydrogens is 450 g/mol. The number of ether oxygens (including phenoxy) is 1. The summed E-state index contributed by atoms with van der Waals surface area (Å²) >= 11 is 6.52. The first-order valence-corrected chi connectivity index (χ1v) is 12.8. The van der Waals surface area contributed by atoms with Gasteiger partial charge in [0, 0.05) is 23.8 Å². The van der Waals surface area contributed by atoms with E-state index in [0.717, 1.165) is 42.6 Å². The van der Waals surface area contributed by atoms with E-state index in [4.69, 9.17) is 16.3 Å². The molecular formula is C23H28ClN3O4S. The predicted octanol–water partition coefficient (Wildman–Crippen LogP) is 3.60. The van der Waals surface area contributed by atoms with Gasteiger partial charge in [0.1, 0.15) is 0 Å². The molecule has 1 fully saturated rings. The number of morpholine rings is 1. The molecule has 2 heterocycles. The van der Waals surface area contributed by atoms with E-state index in [1.807, 2.05) is 18.2 Å². The number of amides is 1. The van der Waals surface area contributed by atoms with Crippen LogP contribution in [0.25, 0.3) is 0 Å². The van der Waals surface area contributed by atoms with E-state index in [0.29, 0.717) is 29.5 Å². The van der Waals surface area contributed by atoms with Crippen molar-refractivity contribution in [2.24, 2.45) is 5.41 Å². The number of rotatable bonds is 4. The molecule has 2 aromatic rings. The molecule has 1 atom stereocenters. The first kappa shape index (κ1) is 22.9. The summed E-state index contributed by atoms with van der Waals surface area (Å²) in [5.74, 6) is -0.643. The average Bonchev–Trinajstić information content (AvgIpc) is 2.71. The topological polar surface area (TPSA) is 87.7 Å². The molecule has 1 unspecified atom stereocenters. The number of fused-ring (bicyclic) bond motifs is 1. The number of nitrogens with one attached hydrogen (secondary N) is 2. The van der Waals surface area contributed by atoms with Gasteiger partial charge in [-0.15, -0.1) is 0 Å². The van der Waals surface area contributed by atoms with Gasteiger partial charge in [0.25, 0.3) is 5.91 Å². The van der Waals surface area contributed by atoms with Crippen LogP contribution in [-0.2, 0) is 21.2 Å². The van der Waals surface area contributed by atoms with Crippen molar-refractivity contribution in [1.29, 1.82) is 0 Å². The fourth-order valence-electron chi connectivity index (χ4n) is 4.56. The highest BCUT2D eigenvalue weighted by Crippen LogP contribution is 2.47. The Labute approximate surface area is 194 Å². The third-order valence-corrected chi connectivity index (χ3v) is 6.78. The fraction of sp³-hybridized carbons (Fsp3) is 0.435. The van der Waals surface area contributed by atoms with Crippen molar-refractivity contribution in [3.8, 4) is 0 Å². The van der Waals surface area contributed by atoms with Crippen molar-refractivity contribution in [2.45, 2.75) is 26.3 Å². The molecule has 32 heavy (non-hydrogen) atoms. The number of sulfonamides is 1. The normalized spacial score (nSPS) is 20.2. The van der Waals surface area contributed by atoms with Gasteiger partial charge in [-0.1, -0.05) is 37.6 Å². The largest absolute Gasteiger partial charge is 0.378 e. The molecule has 0 aromatic heterocycles. The second kappa shape index (κ2) is 8.57. The molecule has 1 saturated heterocycles.